The van der Waals surface area contributed by atoms with Crippen LogP contribution in [0.25, 0.3) is 0 Å². The van der Waals surface area contributed by atoms with Crippen molar-refractivity contribution < 1.29 is 0 Å². The molecule has 0 aliphatic heterocycles. The van der Waals surface area contributed by atoms with Gasteiger partial charge in [0, 0.05) is 23.4 Å². The van der Waals surface area contributed by atoms with Crippen molar-refractivity contribution in [3.8, 4) is 0 Å². The minimum absolute atomic E-state index is 0.201. The molecule has 102 valence electrons. The van der Waals surface area contributed by atoms with E-state index in [1.165, 1.54) is 21.6 Å². The third-order valence-corrected chi connectivity index (χ3v) is 4.60. The van der Waals surface area contributed by atoms with Gasteiger partial charge >= 0.3 is 0 Å². The first-order chi connectivity index (χ1) is 8.97. The summed E-state index contributed by atoms with van der Waals surface area (Å²) in [5.74, 6) is 0. The fraction of sp³-hybridized carbons (Fsp3) is 0.412. The molecule has 0 aliphatic rings. The first kappa shape index (κ1) is 14.3. The lowest BCUT2D eigenvalue weighted by Crippen LogP contribution is -2.31. The van der Waals surface area contributed by atoms with Gasteiger partial charge in [-0.2, -0.15) is 0 Å². The Morgan fingerprint density at radius 1 is 1.11 bits per heavy atom. The lowest BCUT2D eigenvalue weighted by molar-refractivity contribution is 0.476. The van der Waals surface area contributed by atoms with Crippen molar-refractivity contribution in [3.05, 3.63) is 57.3 Å². The van der Waals surface area contributed by atoms with Crippen molar-refractivity contribution in [2.75, 3.05) is 6.54 Å². The van der Waals surface area contributed by atoms with Gasteiger partial charge in [-0.15, -0.1) is 11.3 Å². The van der Waals surface area contributed by atoms with Crippen molar-refractivity contribution >= 4 is 11.3 Å². The molecule has 0 amide bonds. The quantitative estimate of drug-likeness (QED) is 0.849. The van der Waals surface area contributed by atoms with Crippen LogP contribution in [-0.2, 0) is 12.0 Å². The number of aryl methyl sites for hydroxylation is 2. The Morgan fingerprint density at radius 3 is 2.37 bits per heavy atom. The number of thiophene rings is 1. The van der Waals surface area contributed by atoms with Crippen LogP contribution in [0.1, 0.15) is 35.4 Å². The average Bonchev–Trinajstić information content (AvgIpc) is 2.81. The van der Waals surface area contributed by atoms with Crippen LogP contribution in [0.2, 0.25) is 0 Å². The Balaban J connectivity index is 1.93. The lowest BCUT2D eigenvalue weighted by atomic mass is 9.91. The summed E-state index contributed by atoms with van der Waals surface area (Å²) in [6, 6.07) is 11.1. The topological polar surface area (TPSA) is 12.0 Å². The van der Waals surface area contributed by atoms with E-state index >= 15 is 0 Å². The predicted octanol–water partition coefficient (Wildman–Crippen LogP) is 4.43. The van der Waals surface area contributed by atoms with Gasteiger partial charge in [-0.1, -0.05) is 49.2 Å². The van der Waals surface area contributed by atoms with Gasteiger partial charge in [-0.3, -0.25) is 0 Å². The van der Waals surface area contributed by atoms with Crippen molar-refractivity contribution in [1.82, 2.24) is 5.32 Å². The zero-order valence-corrected chi connectivity index (χ0v) is 13.1. The molecule has 1 N–H and O–H groups in total. The van der Waals surface area contributed by atoms with Crippen LogP contribution in [0.4, 0.5) is 0 Å². The number of benzene rings is 1. The van der Waals surface area contributed by atoms with Crippen LogP contribution in [0.15, 0.2) is 35.7 Å². The van der Waals surface area contributed by atoms with E-state index in [1.54, 1.807) is 0 Å². The molecule has 1 aromatic carbocycles. The molecule has 0 unspecified atom stereocenters. The molecular weight excluding hydrogens is 250 g/mol. The summed E-state index contributed by atoms with van der Waals surface area (Å²) in [6.45, 7) is 10.9. The molecule has 0 saturated carbocycles. The molecule has 2 heteroatoms. The second kappa shape index (κ2) is 5.89. The summed E-state index contributed by atoms with van der Waals surface area (Å²) < 4.78 is 0. The van der Waals surface area contributed by atoms with Crippen LogP contribution < -0.4 is 5.32 Å². The van der Waals surface area contributed by atoms with Crippen molar-refractivity contribution in [2.45, 2.75) is 39.7 Å². The highest BCUT2D eigenvalue weighted by Crippen LogP contribution is 2.26. The Hall–Kier alpha value is -1.12. The standard InChI is InChI=1S/C17H23NS/c1-13-8-14(2)10-15(9-13)11-18-12-17(3,4)16-6-5-7-19-16/h5-10,18H,11-12H2,1-4H3. The number of hydrogen-bond donors (Lipinski definition) is 1. The van der Waals surface area contributed by atoms with Crippen LogP contribution in [0.5, 0.6) is 0 Å². The van der Waals surface area contributed by atoms with Gasteiger partial charge in [0.05, 0.1) is 0 Å². The molecule has 0 saturated heterocycles. The molecule has 2 rings (SSSR count). The summed E-state index contributed by atoms with van der Waals surface area (Å²) in [5, 5.41) is 5.75. The second-order valence-electron chi connectivity index (χ2n) is 5.96. The summed E-state index contributed by atoms with van der Waals surface area (Å²) in [6.07, 6.45) is 0. The smallest absolute Gasteiger partial charge is 0.0206 e. The van der Waals surface area contributed by atoms with Crippen molar-refractivity contribution in [2.24, 2.45) is 0 Å². The van der Waals surface area contributed by atoms with E-state index < -0.39 is 0 Å². The van der Waals surface area contributed by atoms with E-state index in [9.17, 15) is 0 Å². The number of nitrogens with one attached hydrogen (secondary N) is 1. The number of hydrogen-bond acceptors (Lipinski definition) is 2. The Kier molecular flexibility index (Phi) is 4.43. The van der Waals surface area contributed by atoms with Crippen LogP contribution in [0.3, 0.4) is 0 Å². The minimum Gasteiger partial charge on any atom is -0.312 e. The van der Waals surface area contributed by atoms with Gasteiger partial charge < -0.3 is 5.32 Å². The van der Waals surface area contributed by atoms with Gasteiger partial charge in [0.15, 0.2) is 0 Å². The zero-order valence-electron chi connectivity index (χ0n) is 12.3. The van der Waals surface area contributed by atoms with E-state index in [4.69, 9.17) is 0 Å². The van der Waals surface area contributed by atoms with Crippen molar-refractivity contribution in [1.29, 1.82) is 0 Å². The first-order valence-corrected chi connectivity index (χ1v) is 7.67. The highest BCUT2D eigenvalue weighted by molar-refractivity contribution is 7.10. The van der Waals surface area contributed by atoms with E-state index in [-0.39, 0.29) is 5.41 Å². The van der Waals surface area contributed by atoms with Gasteiger partial charge in [-0.25, -0.2) is 0 Å². The monoisotopic (exact) mass is 273 g/mol. The SMILES string of the molecule is Cc1cc(C)cc(CNCC(C)(C)c2cccs2)c1. The molecule has 1 nitrogen and oxygen atoms in total. The van der Waals surface area contributed by atoms with Crippen LogP contribution in [0, 0.1) is 13.8 Å². The summed E-state index contributed by atoms with van der Waals surface area (Å²) in [7, 11) is 0. The molecule has 2 aromatic rings. The Bertz CT molecular complexity index is 506. The van der Waals surface area contributed by atoms with E-state index in [2.05, 4.69) is 68.7 Å². The largest absolute Gasteiger partial charge is 0.312 e. The van der Waals surface area contributed by atoms with Gasteiger partial charge in [0.2, 0.25) is 0 Å². The summed E-state index contributed by atoms with van der Waals surface area (Å²) >= 11 is 1.84. The zero-order chi connectivity index (χ0) is 13.9. The second-order valence-corrected chi connectivity index (χ2v) is 6.91. The summed E-state index contributed by atoms with van der Waals surface area (Å²) in [5.41, 5.74) is 4.26. The molecule has 0 aliphatic carbocycles. The van der Waals surface area contributed by atoms with Gasteiger partial charge in [0.1, 0.15) is 0 Å². The van der Waals surface area contributed by atoms with Crippen LogP contribution >= 0.6 is 11.3 Å². The highest BCUT2D eigenvalue weighted by Gasteiger charge is 2.20. The lowest BCUT2D eigenvalue weighted by Gasteiger charge is -2.24. The fourth-order valence-corrected chi connectivity index (χ4v) is 3.29. The fourth-order valence-electron chi connectivity index (χ4n) is 2.44. The van der Waals surface area contributed by atoms with Crippen molar-refractivity contribution in [3.63, 3.8) is 0 Å². The molecular formula is C17H23NS. The molecule has 1 aromatic heterocycles. The maximum absolute atomic E-state index is 3.59. The van der Waals surface area contributed by atoms with Gasteiger partial charge in [-0.05, 0) is 30.9 Å². The van der Waals surface area contributed by atoms with E-state index in [0.717, 1.165) is 13.1 Å². The molecule has 1 heterocycles. The third kappa shape index (κ3) is 3.92. The maximum atomic E-state index is 3.59. The third-order valence-electron chi connectivity index (χ3n) is 3.37. The Morgan fingerprint density at radius 2 is 1.79 bits per heavy atom. The maximum Gasteiger partial charge on any atom is 0.0206 e. The average molecular weight is 273 g/mol. The highest BCUT2D eigenvalue weighted by atomic mass is 32.1. The molecule has 19 heavy (non-hydrogen) atoms. The van der Waals surface area contributed by atoms with E-state index in [0.29, 0.717) is 0 Å². The summed E-state index contributed by atoms with van der Waals surface area (Å²) in [4.78, 5) is 1.44. The molecule has 0 spiro atoms. The normalized spacial score (nSPS) is 11.8. The van der Waals surface area contributed by atoms with Crippen LogP contribution in [-0.4, -0.2) is 6.54 Å². The minimum atomic E-state index is 0.201. The first-order valence-electron chi connectivity index (χ1n) is 6.79. The molecule has 0 bridgehead atoms. The van der Waals surface area contributed by atoms with E-state index in [1.807, 2.05) is 11.3 Å². The predicted molar refractivity (Wildman–Crippen MR) is 85.0 cm³/mol. The molecule has 0 atom stereocenters. The number of rotatable bonds is 5. The molecule has 0 radical (unpaired) electrons. The Labute approximate surface area is 120 Å². The molecule has 0 fully saturated rings. The van der Waals surface area contributed by atoms with Gasteiger partial charge in [0.25, 0.3) is 0 Å².